The van der Waals surface area contributed by atoms with Crippen molar-refractivity contribution in [1.82, 2.24) is 15.1 Å². The average molecular weight is 467 g/mol. The van der Waals surface area contributed by atoms with Crippen molar-refractivity contribution in [2.75, 3.05) is 52.7 Å². The third-order valence-electron chi connectivity index (χ3n) is 4.97. The SMILES string of the molecule is C.C/C=C\C.CNCC(=O)N(C)C(CN1CCCC1)C(C)C.CO.O=CNc1ccccc1. The Balaban J connectivity index is -0.000000472. The molecule has 1 atom stereocenters. The first-order valence-corrected chi connectivity index (χ1v) is 11.3. The van der Waals surface area contributed by atoms with Gasteiger partial charge in [-0.25, -0.2) is 0 Å². The number of benzene rings is 1. The van der Waals surface area contributed by atoms with Crippen LogP contribution in [0.1, 0.15) is 48.0 Å². The van der Waals surface area contributed by atoms with Crippen LogP contribution in [-0.4, -0.2) is 80.6 Å². The molecule has 192 valence electrons. The van der Waals surface area contributed by atoms with E-state index in [1.807, 2.05) is 75.3 Å². The second kappa shape index (κ2) is 24.4. The number of allylic oxidation sites excluding steroid dienone is 2. The summed E-state index contributed by atoms with van der Waals surface area (Å²) in [5.74, 6) is 0.687. The Morgan fingerprint density at radius 3 is 2.03 bits per heavy atom. The van der Waals surface area contributed by atoms with Crippen molar-refractivity contribution in [1.29, 1.82) is 0 Å². The van der Waals surface area contributed by atoms with E-state index in [-0.39, 0.29) is 13.3 Å². The largest absolute Gasteiger partial charge is 0.400 e. The van der Waals surface area contributed by atoms with Gasteiger partial charge in [-0.15, -0.1) is 0 Å². The number of rotatable bonds is 8. The molecule has 1 aromatic rings. The molecule has 1 aliphatic heterocycles. The van der Waals surface area contributed by atoms with Gasteiger partial charge < -0.3 is 25.5 Å². The van der Waals surface area contributed by atoms with Crippen molar-refractivity contribution >= 4 is 18.0 Å². The van der Waals surface area contributed by atoms with Crippen molar-refractivity contribution in [2.24, 2.45) is 5.92 Å². The summed E-state index contributed by atoms with van der Waals surface area (Å²) in [6, 6.07) is 9.62. The molecule has 33 heavy (non-hydrogen) atoms. The van der Waals surface area contributed by atoms with Gasteiger partial charge in [0.2, 0.25) is 12.3 Å². The Kier molecular flexibility index (Phi) is 26.2. The number of para-hydroxylation sites is 1. The predicted molar refractivity (Wildman–Crippen MR) is 142 cm³/mol. The van der Waals surface area contributed by atoms with Crippen molar-refractivity contribution in [3.8, 4) is 0 Å². The molecule has 1 saturated heterocycles. The van der Waals surface area contributed by atoms with Crippen molar-refractivity contribution in [2.45, 2.75) is 54.0 Å². The van der Waals surface area contributed by atoms with Crippen molar-refractivity contribution < 1.29 is 14.7 Å². The lowest BCUT2D eigenvalue weighted by molar-refractivity contribution is -0.132. The molecule has 1 fully saturated rings. The molecule has 1 aliphatic rings. The van der Waals surface area contributed by atoms with Gasteiger partial charge in [0, 0.05) is 32.4 Å². The minimum Gasteiger partial charge on any atom is -0.400 e. The van der Waals surface area contributed by atoms with E-state index in [0.717, 1.165) is 19.3 Å². The molecule has 1 aromatic carbocycles. The fourth-order valence-electron chi connectivity index (χ4n) is 3.07. The van der Waals surface area contributed by atoms with E-state index in [9.17, 15) is 9.59 Å². The van der Waals surface area contributed by atoms with E-state index in [0.29, 0.717) is 24.9 Å². The number of carbonyl (C=O) groups is 2. The van der Waals surface area contributed by atoms with Crippen molar-refractivity contribution in [3.63, 3.8) is 0 Å². The monoisotopic (exact) mass is 466 g/mol. The Bertz CT molecular complexity index is 584. The fraction of sp³-hybridized carbons (Fsp3) is 0.615. The van der Waals surface area contributed by atoms with Crippen LogP contribution < -0.4 is 10.6 Å². The maximum atomic E-state index is 11.9. The van der Waals surface area contributed by atoms with Gasteiger partial charge in [0.1, 0.15) is 0 Å². The minimum atomic E-state index is 0. The highest BCUT2D eigenvalue weighted by molar-refractivity contribution is 5.78. The molecule has 0 aliphatic carbocycles. The highest BCUT2D eigenvalue weighted by Crippen LogP contribution is 2.15. The van der Waals surface area contributed by atoms with Gasteiger partial charge in [0.05, 0.1) is 6.54 Å². The van der Waals surface area contributed by atoms with Gasteiger partial charge >= 0.3 is 0 Å². The van der Waals surface area contributed by atoms with Crippen LogP contribution >= 0.6 is 0 Å². The first kappa shape index (κ1) is 35.4. The molecule has 0 saturated carbocycles. The van der Waals surface area contributed by atoms with E-state index in [1.54, 1.807) is 0 Å². The van der Waals surface area contributed by atoms with Crippen LogP contribution in [0.3, 0.4) is 0 Å². The first-order valence-electron chi connectivity index (χ1n) is 11.3. The normalized spacial score (nSPS) is 13.2. The second-order valence-electron chi connectivity index (χ2n) is 7.65. The second-order valence-corrected chi connectivity index (χ2v) is 7.65. The van der Waals surface area contributed by atoms with Crippen LogP contribution in [0.5, 0.6) is 0 Å². The van der Waals surface area contributed by atoms with Crippen LogP contribution in [0, 0.1) is 5.92 Å². The molecule has 2 amide bonds. The Morgan fingerprint density at radius 2 is 1.64 bits per heavy atom. The van der Waals surface area contributed by atoms with E-state index in [2.05, 4.69) is 29.4 Å². The first-order chi connectivity index (χ1) is 15.4. The van der Waals surface area contributed by atoms with Gasteiger partial charge in [-0.3, -0.25) is 9.59 Å². The van der Waals surface area contributed by atoms with E-state index in [1.165, 1.54) is 25.9 Å². The zero-order valence-electron chi connectivity index (χ0n) is 21.2. The Hall–Kier alpha value is -2.22. The number of nitrogens with one attached hydrogen (secondary N) is 2. The summed E-state index contributed by atoms with van der Waals surface area (Å²) >= 11 is 0. The molecule has 1 heterocycles. The zero-order valence-corrected chi connectivity index (χ0v) is 21.2. The summed E-state index contributed by atoms with van der Waals surface area (Å²) in [5, 5.41) is 12.5. The number of nitrogens with zero attached hydrogens (tertiary/aromatic N) is 2. The van der Waals surface area contributed by atoms with Gasteiger partial charge in [-0.2, -0.15) is 0 Å². The van der Waals surface area contributed by atoms with Crippen LogP contribution in [0.15, 0.2) is 42.5 Å². The van der Waals surface area contributed by atoms with Gasteiger partial charge in [-0.05, 0) is 64.9 Å². The molecule has 2 rings (SSSR count). The Morgan fingerprint density at radius 1 is 1.12 bits per heavy atom. The fourth-order valence-corrected chi connectivity index (χ4v) is 3.07. The topological polar surface area (TPSA) is 84.9 Å². The summed E-state index contributed by atoms with van der Waals surface area (Å²) < 4.78 is 0. The van der Waals surface area contributed by atoms with Crippen molar-refractivity contribution in [3.05, 3.63) is 42.5 Å². The molecule has 7 heteroatoms. The van der Waals surface area contributed by atoms with E-state index >= 15 is 0 Å². The molecular weight excluding hydrogens is 416 g/mol. The Labute approximate surface area is 203 Å². The number of amides is 2. The predicted octanol–water partition coefficient (Wildman–Crippen LogP) is 3.87. The van der Waals surface area contributed by atoms with Crippen LogP contribution in [-0.2, 0) is 9.59 Å². The van der Waals surface area contributed by atoms with E-state index in [4.69, 9.17) is 5.11 Å². The number of aliphatic hydroxyl groups excluding tert-OH is 1. The van der Waals surface area contributed by atoms with E-state index < -0.39 is 0 Å². The lowest BCUT2D eigenvalue weighted by atomic mass is 10.0. The number of hydrogen-bond acceptors (Lipinski definition) is 5. The lowest BCUT2D eigenvalue weighted by Crippen LogP contribution is -2.49. The molecule has 0 aromatic heterocycles. The summed E-state index contributed by atoms with van der Waals surface area (Å²) in [6.07, 6.45) is 7.27. The zero-order chi connectivity index (χ0) is 24.8. The van der Waals surface area contributed by atoms with Gasteiger partial charge in [-0.1, -0.05) is 51.6 Å². The average Bonchev–Trinajstić information content (AvgIpc) is 3.33. The lowest BCUT2D eigenvalue weighted by Gasteiger charge is -2.34. The summed E-state index contributed by atoms with van der Waals surface area (Å²) in [5.41, 5.74) is 0.826. The number of hydrogen-bond donors (Lipinski definition) is 3. The third kappa shape index (κ3) is 18.0. The third-order valence-corrected chi connectivity index (χ3v) is 4.97. The molecule has 0 spiro atoms. The molecule has 0 bridgehead atoms. The van der Waals surface area contributed by atoms with Crippen LogP contribution in [0.2, 0.25) is 0 Å². The number of aliphatic hydroxyl groups is 1. The maximum absolute atomic E-state index is 11.9. The van der Waals surface area contributed by atoms with Crippen LogP contribution in [0.4, 0.5) is 5.69 Å². The quantitative estimate of drug-likeness (QED) is 0.400. The number of likely N-dealkylation sites (tertiary alicyclic amines) is 1. The highest BCUT2D eigenvalue weighted by atomic mass is 16.2. The van der Waals surface area contributed by atoms with Crippen LogP contribution in [0.25, 0.3) is 0 Å². The minimum absolute atomic E-state index is 0. The molecule has 7 nitrogen and oxygen atoms in total. The number of anilines is 1. The molecule has 0 radical (unpaired) electrons. The van der Waals surface area contributed by atoms with Gasteiger partial charge in [0.15, 0.2) is 0 Å². The molecule has 3 N–H and O–H groups in total. The molecule has 1 unspecified atom stereocenters. The number of carbonyl (C=O) groups excluding carboxylic acids is 2. The standard InChI is InChI=1S/C13H27N3O.C7H7NO.C4H8.CH4O.CH4/c1-11(2)12(10-16-7-5-6-8-16)15(4)13(17)9-14-3;9-6-8-7-4-2-1-3-5-7;1-3-4-2;1-2;/h11-12,14H,5-10H2,1-4H3;1-6H,(H,8,9);3-4H,1-2H3;2H,1H3;1H4/b;;4-3-;;. The summed E-state index contributed by atoms with van der Waals surface area (Å²) in [6.45, 7) is 12.2. The number of likely N-dealkylation sites (N-methyl/N-ethyl adjacent to an activating group) is 2. The highest BCUT2D eigenvalue weighted by Gasteiger charge is 2.25. The summed E-state index contributed by atoms with van der Waals surface area (Å²) in [4.78, 5) is 26.2. The smallest absolute Gasteiger partial charge is 0.236 e. The molecular formula is C26H50N4O3. The maximum Gasteiger partial charge on any atom is 0.236 e. The van der Waals surface area contributed by atoms with Gasteiger partial charge in [0.25, 0.3) is 0 Å². The summed E-state index contributed by atoms with van der Waals surface area (Å²) in [7, 11) is 4.75.